The molecule has 0 atom stereocenters. The van der Waals surface area contributed by atoms with Gasteiger partial charge in [0.15, 0.2) is 0 Å². The Labute approximate surface area is 120 Å². The fourth-order valence-corrected chi connectivity index (χ4v) is 2.24. The van der Waals surface area contributed by atoms with Gasteiger partial charge in [-0.2, -0.15) is 0 Å². The van der Waals surface area contributed by atoms with Crippen molar-refractivity contribution in [1.29, 1.82) is 0 Å². The molecule has 110 valence electrons. The van der Waals surface area contributed by atoms with Crippen molar-refractivity contribution in [3.05, 3.63) is 35.4 Å². The summed E-state index contributed by atoms with van der Waals surface area (Å²) in [5.74, 6) is -0.0162. The van der Waals surface area contributed by atoms with Crippen LogP contribution >= 0.6 is 0 Å². The molecular formula is C15H23N3O2. The third kappa shape index (κ3) is 4.59. The number of morpholine rings is 1. The van der Waals surface area contributed by atoms with Crippen LogP contribution in [0.3, 0.4) is 0 Å². The molecule has 0 bridgehead atoms. The van der Waals surface area contributed by atoms with Gasteiger partial charge in [0, 0.05) is 31.7 Å². The van der Waals surface area contributed by atoms with E-state index < -0.39 is 0 Å². The van der Waals surface area contributed by atoms with E-state index in [-0.39, 0.29) is 5.91 Å². The maximum Gasteiger partial charge on any atom is 0.251 e. The fourth-order valence-electron chi connectivity index (χ4n) is 2.24. The maximum atomic E-state index is 12.0. The van der Waals surface area contributed by atoms with Gasteiger partial charge in [0.25, 0.3) is 5.91 Å². The summed E-state index contributed by atoms with van der Waals surface area (Å²) in [6, 6.07) is 7.64. The molecule has 1 amide bonds. The lowest BCUT2D eigenvalue weighted by Gasteiger charge is -2.26. The van der Waals surface area contributed by atoms with Crippen LogP contribution in [0.25, 0.3) is 0 Å². The zero-order chi connectivity index (χ0) is 14.2. The van der Waals surface area contributed by atoms with Gasteiger partial charge >= 0.3 is 0 Å². The molecule has 5 heteroatoms. The van der Waals surface area contributed by atoms with E-state index in [9.17, 15) is 4.79 Å². The summed E-state index contributed by atoms with van der Waals surface area (Å²) < 4.78 is 5.29. The highest BCUT2D eigenvalue weighted by Crippen LogP contribution is 2.04. The van der Waals surface area contributed by atoms with E-state index in [4.69, 9.17) is 10.5 Å². The number of ether oxygens (including phenoxy) is 1. The Morgan fingerprint density at radius 2 is 1.95 bits per heavy atom. The number of nitrogens with two attached hydrogens (primary N) is 1. The molecule has 0 radical (unpaired) electrons. The van der Waals surface area contributed by atoms with Gasteiger partial charge in [0.05, 0.1) is 13.2 Å². The number of hydrogen-bond donors (Lipinski definition) is 2. The van der Waals surface area contributed by atoms with Crippen molar-refractivity contribution in [3.63, 3.8) is 0 Å². The Balaban J connectivity index is 1.73. The van der Waals surface area contributed by atoms with Crippen molar-refractivity contribution < 1.29 is 9.53 Å². The maximum absolute atomic E-state index is 12.0. The molecule has 1 aromatic rings. The minimum Gasteiger partial charge on any atom is -0.379 e. The highest BCUT2D eigenvalue weighted by atomic mass is 16.5. The Morgan fingerprint density at radius 1 is 1.25 bits per heavy atom. The number of nitrogens with zero attached hydrogens (tertiary/aromatic N) is 1. The molecule has 1 saturated heterocycles. The number of benzene rings is 1. The Hall–Kier alpha value is -1.43. The van der Waals surface area contributed by atoms with Crippen LogP contribution in [0.15, 0.2) is 24.3 Å². The van der Waals surface area contributed by atoms with E-state index in [2.05, 4.69) is 10.2 Å². The molecule has 1 heterocycles. The zero-order valence-electron chi connectivity index (χ0n) is 11.8. The van der Waals surface area contributed by atoms with Crippen LogP contribution in [0.5, 0.6) is 0 Å². The number of carbonyl (C=O) groups is 1. The Bertz CT molecular complexity index is 414. The largest absolute Gasteiger partial charge is 0.379 e. The Kier molecular flexibility index (Phi) is 5.98. The predicted molar refractivity (Wildman–Crippen MR) is 78.8 cm³/mol. The molecule has 0 unspecified atom stereocenters. The molecule has 1 aliphatic heterocycles. The van der Waals surface area contributed by atoms with E-state index in [0.717, 1.165) is 44.8 Å². The highest BCUT2D eigenvalue weighted by Gasteiger charge is 2.10. The topological polar surface area (TPSA) is 67.6 Å². The van der Waals surface area contributed by atoms with Gasteiger partial charge in [-0.05, 0) is 30.7 Å². The second kappa shape index (κ2) is 7.99. The van der Waals surface area contributed by atoms with Crippen LogP contribution in [0.1, 0.15) is 15.9 Å². The average Bonchev–Trinajstić information content (AvgIpc) is 2.49. The van der Waals surface area contributed by atoms with Crippen molar-refractivity contribution in [3.8, 4) is 0 Å². The Morgan fingerprint density at radius 3 is 2.60 bits per heavy atom. The third-order valence-electron chi connectivity index (χ3n) is 3.47. The van der Waals surface area contributed by atoms with Gasteiger partial charge in [-0.25, -0.2) is 0 Å². The van der Waals surface area contributed by atoms with Gasteiger partial charge in [-0.3, -0.25) is 9.69 Å². The summed E-state index contributed by atoms with van der Waals surface area (Å²) in [5, 5.41) is 2.95. The second-order valence-corrected chi connectivity index (χ2v) is 4.95. The molecule has 0 saturated carbocycles. The third-order valence-corrected chi connectivity index (χ3v) is 3.47. The summed E-state index contributed by atoms with van der Waals surface area (Å²) in [5.41, 5.74) is 7.37. The SMILES string of the molecule is NCCc1ccc(C(=O)NCCN2CCOCC2)cc1. The highest BCUT2D eigenvalue weighted by molar-refractivity contribution is 5.94. The van der Waals surface area contributed by atoms with Crippen molar-refractivity contribution in [1.82, 2.24) is 10.2 Å². The number of amides is 1. The molecule has 1 aromatic carbocycles. The monoisotopic (exact) mass is 277 g/mol. The quantitative estimate of drug-likeness (QED) is 0.782. The van der Waals surface area contributed by atoms with Crippen molar-refractivity contribution >= 4 is 5.91 Å². The van der Waals surface area contributed by atoms with Crippen molar-refractivity contribution in [2.24, 2.45) is 5.73 Å². The molecule has 0 aliphatic carbocycles. The first-order valence-electron chi connectivity index (χ1n) is 7.17. The van der Waals surface area contributed by atoms with Crippen LogP contribution in [0.2, 0.25) is 0 Å². The van der Waals surface area contributed by atoms with Crippen molar-refractivity contribution in [2.45, 2.75) is 6.42 Å². The first-order valence-corrected chi connectivity index (χ1v) is 7.17. The first-order chi connectivity index (χ1) is 9.79. The lowest BCUT2D eigenvalue weighted by molar-refractivity contribution is 0.0383. The van der Waals surface area contributed by atoms with Crippen molar-refractivity contribution in [2.75, 3.05) is 45.9 Å². The predicted octanol–water partition coefficient (Wildman–Crippen LogP) is 0.250. The lowest BCUT2D eigenvalue weighted by atomic mass is 10.1. The van der Waals surface area contributed by atoms with Gasteiger partial charge in [0.1, 0.15) is 0 Å². The molecule has 0 aromatic heterocycles. The number of nitrogens with one attached hydrogen (secondary N) is 1. The van der Waals surface area contributed by atoms with Crippen LogP contribution in [0, 0.1) is 0 Å². The number of rotatable bonds is 6. The fraction of sp³-hybridized carbons (Fsp3) is 0.533. The number of hydrogen-bond acceptors (Lipinski definition) is 4. The summed E-state index contributed by atoms with van der Waals surface area (Å²) in [6.45, 7) is 5.65. The van der Waals surface area contributed by atoms with E-state index in [1.165, 1.54) is 0 Å². The summed E-state index contributed by atoms with van der Waals surface area (Å²) in [6.07, 6.45) is 0.846. The van der Waals surface area contributed by atoms with Gasteiger partial charge in [-0.1, -0.05) is 12.1 Å². The van der Waals surface area contributed by atoms with Gasteiger partial charge in [-0.15, -0.1) is 0 Å². The molecule has 20 heavy (non-hydrogen) atoms. The lowest BCUT2D eigenvalue weighted by Crippen LogP contribution is -2.41. The van der Waals surface area contributed by atoms with E-state index >= 15 is 0 Å². The van der Waals surface area contributed by atoms with E-state index in [1.54, 1.807) is 0 Å². The van der Waals surface area contributed by atoms with Gasteiger partial charge < -0.3 is 15.8 Å². The summed E-state index contributed by atoms with van der Waals surface area (Å²) >= 11 is 0. The molecule has 1 fully saturated rings. The van der Waals surface area contributed by atoms with Crippen LogP contribution < -0.4 is 11.1 Å². The first kappa shape index (κ1) is 15.0. The van der Waals surface area contributed by atoms with Crippen LogP contribution in [-0.2, 0) is 11.2 Å². The minimum atomic E-state index is -0.0162. The van der Waals surface area contributed by atoms with E-state index in [0.29, 0.717) is 18.7 Å². The zero-order valence-corrected chi connectivity index (χ0v) is 11.8. The van der Waals surface area contributed by atoms with Crippen LogP contribution in [-0.4, -0.2) is 56.7 Å². The molecule has 5 nitrogen and oxygen atoms in total. The standard InChI is InChI=1S/C15H23N3O2/c16-6-5-13-1-3-14(4-2-13)15(19)17-7-8-18-9-11-20-12-10-18/h1-4H,5-12,16H2,(H,17,19). The second-order valence-electron chi connectivity index (χ2n) is 4.95. The molecule has 1 aliphatic rings. The number of carbonyl (C=O) groups excluding carboxylic acids is 1. The minimum absolute atomic E-state index is 0.0162. The average molecular weight is 277 g/mol. The summed E-state index contributed by atoms with van der Waals surface area (Å²) in [7, 11) is 0. The molecular weight excluding hydrogens is 254 g/mol. The molecule has 0 spiro atoms. The normalized spacial score (nSPS) is 16.1. The van der Waals surface area contributed by atoms with E-state index in [1.807, 2.05) is 24.3 Å². The van der Waals surface area contributed by atoms with Gasteiger partial charge in [0.2, 0.25) is 0 Å². The summed E-state index contributed by atoms with van der Waals surface area (Å²) in [4.78, 5) is 14.3. The van der Waals surface area contributed by atoms with Crippen LogP contribution in [0.4, 0.5) is 0 Å². The smallest absolute Gasteiger partial charge is 0.251 e. The molecule has 3 N–H and O–H groups in total. The molecule has 2 rings (SSSR count).